The number of nitrogens with one attached hydrogen (secondary N) is 1. The van der Waals surface area contributed by atoms with Crippen LogP contribution in [0.25, 0.3) is 0 Å². The minimum atomic E-state index is -0.377. The molecule has 7 nitrogen and oxygen atoms in total. The molecule has 3 fully saturated rings. The van der Waals surface area contributed by atoms with Crippen molar-refractivity contribution in [2.45, 2.75) is 74.5 Å². The third-order valence-electron chi connectivity index (χ3n) is 10.6. The average molecular weight is 523 g/mol. The molecule has 3 saturated heterocycles. The number of epoxide rings is 1. The van der Waals surface area contributed by atoms with E-state index in [0.29, 0.717) is 6.54 Å². The number of piperidine rings is 1. The van der Waals surface area contributed by atoms with Gasteiger partial charge in [0.1, 0.15) is 12.3 Å². The highest BCUT2D eigenvalue weighted by molar-refractivity contribution is 5.91. The van der Waals surface area contributed by atoms with Gasteiger partial charge in [0.15, 0.2) is 0 Å². The van der Waals surface area contributed by atoms with Gasteiger partial charge in [0.25, 0.3) is 0 Å². The number of para-hydroxylation sites is 1. The number of ether oxygens (including phenoxy) is 1. The Balaban J connectivity index is 1.45. The molecule has 6 heterocycles. The van der Waals surface area contributed by atoms with Gasteiger partial charge in [-0.2, -0.15) is 0 Å². The molecule has 200 valence electrons. The molecule has 0 aliphatic carbocycles. The summed E-state index contributed by atoms with van der Waals surface area (Å²) < 4.78 is 6.39. The maximum Gasteiger partial charge on any atom is 0.247 e. The summed E-state index contributed by atoms with van der Waals surface area (Å²) in [6.45, 7) is 7.78. The van der Waals surface area contributed by atoms with Crippen LogP contribution in [-0.4, -0.2) is 59.2 Å². The van der Waals surface area contributed by atoms with Crippen molar-refractivity contribution in [1.82, 2.24) is 9.80 Å². The zero-order chi connectivity index (χ0) is 26.7. The number of amides is 2. The van der Waals surface area contributed by atoms with Crippen molar-refractivity contribution in [3.63, 3.8) is 0 Å². The number of hydrogen-bond acceptors (Lipinski definition) is 5. The predicted molar refractivity (Wildman–Crippen MR) is 149 cm³/mol. The zero-order valence-electron chi connectivity index (χ0n) is 22.6. The van der Waals surface area contributed by atoms with Gasteiger partial charge in [-0.3, -0.25) is 19.4 Å². The van der Waals surface area contributed by atoms with Crippen LogP contribution in [0.3, 0.4) is 0 Å². The summed E-state index contributed by atoms with van der Waals surface area (Å²) in [6.07, 6.45) is 9.79. The van der Waals surface area contributed by atoms with E-state index in [9.17, 15) is 9.59 Å². The fraction of sp³-hybridized carbons (Fsp3) is 0.438. The number of likely N-dealkylation sites (tertiary alicyclic amines) is 1. The van der Waals surface area contributed by atoms with Gasteiger partial charge >= 0.3 is 0 Å². The summed E-state index contributed by atoms with van der Waals surface area (Å²) in [5.74, 6) is 0.0377. The van der Waals surface area contributed by atoms with Crippen LogP contribution in [0.4, 0.5) is 11.4 Å². The summed E-state index contributed by atoms with van der Waals surface area (Å²) in [6, 6.07) is 15.0. The lowest BCUT2D eigenvalue weighted by atomic mass is 9.50. The number of rotatable bonds is 4. The molecular formula is C32H34N4O3. The molecule has 2 bridgehead atoms. The second-order valence-corrected chi connectivity index (χ2v) is 12.4. The Morgan fingerprint density at radius 1 is 1.05 bits per heavy atom. The van der Waals surface area contributed by atoms with Crippen molar-refractivity contribution >= 4 is 23.7 Å². The number of carbonyl (C=O) groups excluding carboxylic acids is 2. The molecule has 0 saturated carbocycles. The molecule has 8 rings (SSSR count). The van der Waals surface area contributed by atoms with Gasteiger partial charge in [-0.1, -0.05) is 48.6 Å². The van der Waals surface area contributed by atoms with Crippen LogP contribution in [0.2, 0.25) is 0 Å². The number of nitrogens with zero attached hydrogens (tertiary/aromatic N) is 3. The molecule has 0 radical (unpaired) electrons. The van der Waals surface area contributed by atoms with Crippen LogP contribution in [0.5, 0.6) is 0 Å². The lowest BCUT2D eigenvalue weighted by Gasteiger charge is -2.62. The Labute approximate surface area is 229 Å². The smallest absolute Gasteiger partial charge is 0.247 e. The Morgan fingerprint density at radius 2 is 1.85 bits per heavy atom. The maximum atomic E-state index is 13.9. The van der Waals surface area contributed by atoms with Crippen molar-refractivity contribution in [2.24, 2.45) is 0 Å². The van der Waals surface area contributed by atoms with Crippen LogP contribution in [-0.2, 0) is 25.2 Å². The molecule has 7 heteroatoms. The van der Waals surface area contributed by atoms with E-state index in [4.69, 9.17) is 4.74 Å². The summed E-state index contributed by atoms with van der Waals surface area (Å²) >= 11 is 0. The Morgan fingerprint density at radius 3 is 2.62 bits per heavy atom. The second-order valence-electron chi connectivity index (χ2n) is 12.4. The lowest BCUT2D eigenvalue weighted by molar-refractivity contribution is -0.137. The molecule has 6 aliphatic heterocycles. The van der Waals surface area contributed by atoms with Gasteiger partial charge in [0, 0.05) is 36.0 Å². The second kappa shape index (κ2) is 7.61. The lowest BCUT2D eigenvalue weighted by Crippen LogP contribution is -2.73. The first-order valence-corrected chi connectivity index (χ1v) is 14.2. The van der Waals surface area contributed by atoms with E-state index < -0.39 is 0 Å². The summed E-state index contributed by atoms with van der Waals surface area (Å²) in [5.41, 5.74) is 4.86. The van der Waals surface area contributed by atoms with E-state index in [1.807, 2.05) is 30.1 Å². The fourth-order valence-corrected chi connectivity index (χ4v) is 9.22. The summed E-state index contributed by atoms with van der Waals surface area (Å²) in [5, 5.41) is 3.83. The molecule has 39 heavy (non-hydrogen) atoms. The highest BCUT2D eigenvalue weighted by atomic mass is 16.6. The highest BCUT2D eigenvalue weighted by Crippen LogP contribution is 2.72. The molecule has 2 aromatic rings. The molecule has 0 aromatic heterocycles. The standard InChI is InChI=1S/C32H34N4O3/c1-4-5-6-14-24(38)34-17-15-31-21-11-7-8-12-22(21)33-28-32(31)16-18-35(29(31)34)26(27-30(2,3)39-27)20-10-9-13-23(25(20)32)36(28)19-37/h4-14,19,26-29,33H,15-18H2,1-3H3/b5-4+,14-6+/t26-,27+,28+,29+,31-,32-/m0/s1. The van der Waals surface area contributed by atoms with Gasteiger partial charge in [0.05, 0.1) is 23.2 Å². The first-order chi connectivity index (χ1) is 18.9. The van der Waals surface area contributed by atoms with Gasteiger partial charge in [0.2, 0.25) is 12.3 Å². The van der Waals surface area contributed by atoms with Crippen LogP contribution in [0, 0.1) is 0 Å². The largest absolute Gasteiger partial charge is 0.365 e. The third kappa shape index (κ3) is 2.61. The Bertz CT molecular complexity index is 1480. The van der Waals surface area contributed by atoms with Gasteiger partial charge in [-0.15, -0.1) is 0 Å². The van der Waals surface area contributed by atoms with E-state index in [0.717, 1.165) is 37.2 Å². The van der Waals surface area contributed by atoms with Crippen molar-refractivity contribution < 1.29 is 14.3 Å². The topological polar surface area (TPSA) is 68.4 Å². The molecule has 7 atom stereocenters. The summed E-state index contributed by atoms with van der Waals surface area (Å²) in [4.78, 5) is 33.4. The first kappa shape index (κ1) is 23.5. The molecule has 2 amide bonds. The van der Waals surface area contributed by atoms with Gasteiger partial charge in [-0.05, 0) is 62.4 Å². The normalized spacial score (nSPS) is 37.9. The highest BCUT2D eigenvalue weighted by Gasteiger charge is 2.77. The quantitative estimate of drug-likeness (QED) is 0.282. The number of hydrogen-bond donors (Lipinski definition) is 1. The molecule has 2 spiro atoms. The minimum Gasteiger partial charge on any atom is -0.365 e. The van der Waals surface area contributed by atoms with Crippen LogP contribution >= 0.6 is 0 Å². The van der Waals surface area contributed by atoms with Crippen LogP contribution < -0.4 is 10.2 Å². The Hall–Kier alpha value is -3.42. The average Bonchev–Trinajstić information content (AvgIpc) is 3.31. The first-order valence-electron chi connectivity index (χ1n) is 14.2. The zero-order valence-corrected chi connectivity index (χ0v) is 22.6. The number of fused-ring (bicyclic) bond motifs is 1. The van der Waals surface area contributed by atoms with E-state index in [1.54, 1.807) is 6.08 Å². The molecule has 6 aliphatic rings. The minimum absolute atomic E-state index is 0.00543. The fourth-order valence-electron chi connectivity index (χ4n) is 9.22. The van der Waals surface area contributed by atoms with E-state index in [-0.39, 0.29) is 46.8 Å². The monoisotopic (exact) mass is 522 g/mol. The van der Waals surface area contributed by atoms with Crippen molar-refractivity contribution in [2.75, 3.05) is 23.3 Å². The number of carbonyl (C=O) groups is 2. The van der Waals surface area contributed by atoms with Gasteiger partial charge in [-0.25, -0.2) is 0 Å². The van der Waals surface area contributed by atoms with Crippen LogP contribution in [0.15, 0.2) is 66.8 Å². The third-order valence-corrected chi connectivity index (χ3v) is 10.6. The predicted octanol–water partition coefficient (Wildman–Crippen LogP) is 4.22. The van der Waals surface area contributed by atoms with E-state index in [2.05, 4.69) is 71.4 Å². The van der Waals surface area contributed by atoms with Crippen molar-refractivity contribution in [1.29, 1.82) is 0 Å². The Kier molecular flexibility index (Phi) is 4.58. The number of benzene rings is 2. The van der Waals surface area contributed by atoms with E-state index in [1.165, 1.54) is 16.7 Å². The van der Waals surface area contributed by atoms with Crippen LogP contribution in [0.1, 0.15) is 56.3 Å². The molecule has 2 aromatic carbocycles. The van der Waals surface area contributed by atoms with Gasteiger partial charge < -0.3 is 15.0 Å². The molecule has 1 N–H and O–H groups in total. The maximum absolute atomic E-state index is 13.9. The SMILES string of the molecule is C/C=C/C=C/C(=O)N1CC[C@@]23c4ccccc4N[C@@H]4N(C=O)c5cccc6c5[C@@]42CCN([C@@H]13)[C@@H]6[C@H]1OC1(C)C. The van der Waals surface area contributed by atoms with E-state index >= 15 is 0 Å². The molecule has 1 unspecified atom stereocenters. The number of anilines is 2. The summed E-state index contributed by atoms with van der Waals surface area (Å²) in [7, 11) is 0. The molecular weight excluding hydrogens is 488 g/mol. The van der Waals surface area contributed by atoms with Crippen molar-refractivity contribution in [3.8, 4) is 0 Å². The number of allylic oxidation sites excluding steroid dienone is 3. The van der Waals surface area contributed by atoms with Crippen molar-refractivity contribution in [3.05, 3.63) is 83.5 Å².